The summed E-state index contributed by atoms with van der Waals surface area (Å²) in [5, 5.41) is 3.56. The summed E-state index contributed by atoms with van der Waals surface area (Å²) < 4.78 is 0. The van der Waals surface area contributed by atoms with E-state index in [4.69, 9.17) is 0 Å². The SMILES string of the molecule is CC(C)C1CCCNCC1C(C)C. The molecule has 1 nitrogen and oxygen atoms in total. The molecule has 1 heterocycles. The molecule has 0 aromatic heterocycles. The number of hydrogen-bond acceptors (Lipinski definition) is 1. The van der Waals surface area contributed by atoms with Gasteiger partial charge in [0, 0.05) is 0 Å². The average Bonchev–Trinajstić information content (AvgIpc) is 2.27. The zero-order valence-corrected chi connectivity index (χ0v) is 9.64. The first-order valence-electron chi connectivity index (χ1n) is 5.83. The van der Waals surface area contributed by atoms with E-state index >= 15 is 0 Å². The van der Waals surface area contributed by atoms with Crippen molar-refractivity contribution in [2.75, 3.05) is 13.1 Å². The fraction of sp³-hybridized carbons (Fsp3) is 1.00. The van der Waals surface area contributed by atoms with Crippen LogP contribution in [0.5, 0.6) is 0 Å². The quantitative estimate of drug-likeness (QED) is 0.694. The van der Waals surface area contributed by atoms with Crippen molar-refractivity contribution in [1.29, 1.82) is 0 Å². The minimum absolute atomic E-state index is 0.831. The predicted octanol–water partition coefficient (Wildman–Crippen LogP) is 2.91. The van der Waals surface area contributed by atoms with Gasteiger partial charge in [0.15, 0.2) is 0 Å². The van der Waals surface area contributed by atoms with Gasteiger partial charge in [-0.05, 0) is 49.6 Å². The minimum atomic E-state index is 0.831. The predicted molar refractivity (Wildman–Crippen MR) is 58.8 cm³/mol. The van der Waals surface area contributed by atoms with Gasteiger partial charge in [-0.3, -0.25) is 0 Å². The van der Waals surface area contributed by atoms with Crippen LogP contribution in [0.15, 0.2) is 0 Å². The fourth-order valence-electron chi connectivity index (χ4n) is 2.65. The van der Waals surface area contributed by atoms with E-state index in [-0.39, 0.29) is 0 Å². The van der Waals surface area contributed by atoms with Crippen LogP contribution in [0.1, 0.15) is 40.5 Å². The zero-order chi connectivity index (χ0) is 9.84. The summed E-state index contributed by atoms with van der Waals surface area (Å²) in [7, 11) is 0. The van der Waals surface area contributed by atoms with Gasteiger partial charge in [0.1, 0.15) is 0 Å². The molecule has 1 fully saturated rings. The van der Waals surface area contributed by atoms with Crippen LogP contribution in [0.4, 0.5) is 0 Å². The Morgan fingerprint density at radius 3 is 2.15 bits per heavy atom. The molecular formula is C12H25N. The summed E-state index contributed by atoms with van der Waals surface area (Å²) in [6.07, 6.45) is 2.79. The van der Waals surface area contributed by atoms with Crippen molar-refractivity contribution in [1.82, 2.24) is 5.32 Å². The van der Waals surface area contributed by atoms with Crippen molar-refractivity contribution in [3.63, 3.8) is 0 Å². The highest BCUT2D eigenvalue weighted by Gasteiger charge is 2.27. The van der Waals surface area contributed by atoms with Gasteiger partial charge in [0.05, 0.1) is 0 Å². The second kappa shape index (κ2) is 4.99. The molecule has 2 unspecified atom stereocenters. The van der Waals surface area contributed by atoms with Gasteiger partial charge in [-0.15, -0.1) is 0 Å². The van der Waals surface area contributed by atoms with Crippen LogP contribution in [-0.2, 0) is 0 Å². The Bertz CT molecular complexity index is 124. The van der Waals surface area contributed by atoms with Crippen LogP contribution in [0.3, 0.4) is 0 Å². The molecule has 0 amide bonds. The Morgan fingerprint density at radius 1 is 1.00 bits per heavy atom. The van der Waals surface area contributed by atoms with Gasteiger partial charge in [-0.25, -0.2) is 0 Å². The molecule has 0 radical (unpaired) electrons. The normalized spacial score (nSPS) is 30.9. The molecule has 1 N–H and O–H groups in total. The maximum Gasteiger partial charge on any atom is -0.00153 e. The third kappa shape index (κ3) is 2.98. The Kier molecular flexibility index (Phi) is 4.24. The summed E-state index contributed by atoms with van der Waals surface area (Å²) in [5.74, 6) is 3.52. The van der Waals surface area contributed by atoms with Crippen LogP contribution in [-0.4, -0.2) is 13.1 Å². The molecule has 13 heavy (non-hydrogen) atoms. The summed E-state index contributed by atoms with van der Waals surface area (Å²) in [4.78, 5) is 0. The van der Waals surface area contributed by atoms with Crippen LogP contribution in [0.25, 0.3) is 0 Å². The third-order valence-corrected chi connectivity index (χ3v) is 3.53. The van der Waals surface area contributed by atoms with Crippen LogP contribution >= 0.6 is 0 Å². The Morgan fingerprint density at radius 2 is 1.62 bits per heavy atom. The summed E-state index contributed by atoms with van der Waals surface area (Å²) in [5.41, 5.74) is 0. The first kappa shape index (κ1) is 11.0. The monoisotopic (exact) mass is 183 g/mol. The fourth-order valence-corrected chi connectivity index (χ4v) is 2.65. The lowest BCUT2D eigenvalue weighted by Gasteiger charge is -2.31. The van der Waals surface area contributed by atoms with Crippen molar-refractivity contribution in [3.8, 4) is 0 Å². The molecule has 0 aliphatic carbocycles. The molecule has 0 bridgehead atoms. The second-order valence-corrected chi connectivity index (χ2v) is 5.16. The molecule has 0 aromatic rings. The minimum Gasteiger partial charge on any atom is -0.316 e. The van der Waals surface area contributed by atoms with Crippen molar-refractivity contribution < 1.29 is 0 Å². The lowest BCUT2D eigenvalue weighted by molar-refractivity contribution is 0.195. The van der Waals surface area contributed by atoms with Crippen molar-refractivity contribution in [2.24, 2.45) is 23.7 Å². The van der Waals surface area contributed by atoms with Gasteiger partial charge in [0.2, 0.25) is 0 Å². The molecule has 2 atom stereocenters. The van der Waals surface area contributed by atoms with Gasteiger partial charge in [-0.1, -0.05) is 27.7 Å². The van der Waals surface area contributed by atoms with Gasteiger partial charge in [0.25, 0.3) is 0 Å². The van der Waals surface area contributed by atoms with E-state index in [9.17, 15) is 0 Å². The Hall–Kier alpha value is -0.0400. The first-order chi connectivity index (χ1) is 6.13. The number of rotatable bonds is 2. The van der Waals surface area contributed by atoms with Crippen LogP contribution in [0.2, 0.25) is 0 Å². The number of nitrogens with one attached hydrogen (secondary N) is 1. The Labute approximate surface area is 83.3 Å². The molecule has 1 rings (SSSR count). The van der Waals surface area contributed by atoms with E-state index in [1.165, 1.54) is 25.9 Å². The van der Waals surface area contributed by atoms with Crippen molar-refractivity contribution >= 4 is 0 Å². The van der Waals surface area contributed by atoms with Gasteiger partial charge in [-0.2, -0.15) is 0 Å². The zero-order valence-electron chi connectivity index (χ0n) is 9.64. The highest BCUT2D eigenvalue weighted by molar-refractivity contribution is 4.80. The highest BCUT2D eigenvalue weighted by atomic mass is 14.9. The van der Waals surface area contributed by atoms with Gasteiger partial charge < -0.3 is 5.32 Å². The van der Waals surface area contributed by atoms with Crippen LogP contribution < -0.4 is 5.32 Å². The highest BCUT2D eigenvalue weighted by Crippen LogP contribution is 2.31. The summed E-state index contributed by atoms with van der Waals surface area (Å²) in [6.45, 7) is 12.0. The third-order valence-electron chi connectivity index (χ3n) is 3.53. The number of hydrogen-bond donors (Lipinski definition) is 1. The molecule has 0 aromatic carbocycles. The van der Waals surface area contributed by atoms with Crippen molar-refractivity contribution in [2.45, 2.75) is 40.5 Å². The standard InChI is InChI=1S/C12H25N/c1-9(2)11-6-5-7-13-8-12(11)10(3)4/h9-13H,5-8H2,1-4H3. The lowest BCUT2D eigenvalue weighted by atomic mass is 9.75. The average molecular weight is 183 g/mol. The van der Waals surface area contributed by atoms with E-state index in [1.54, 1.807) is 0 Å². The summed E-state index contributed by atoms with van der Waals surface area (Å²) >= 11 is 0. The molecule has 1 saturated heterocycles. The maximum absolute atomic E-state index is 3.56. The molecule has 1 heteroatoms. The van der Waals surface area contributed by atoms with E-state index in [0.717, 1.165) is 23.7 Å². The van der Waals surface area contributed by atoms with Crippen LogP contribution in [0, 0.1) is 23.7 Å². The Balaban J connectivity index is 2.61. The van der Waals surface area contributed by atoms with E-state index in [0.29, 0.717) is 0 Å². The smallest absolute Gasteiger partial charge is 0.00153 e. The van der Waals surface area contributed by atoms with E-state index in [2.05, 4.69) is 33.0 Å². The van der Waals surface area contributed by atoms with Crippen molar-refractivity contribution in [3.05, 3.63) is 0 Å². The van der Waals surface area contributed by atoms with E-state index in [1.807, 2.05) is 0 Å². The molecule has 0 spiro atoms. The lowest BCUT2D eigenvalue weighted by Crippen LogP contribution is -2.31. The largest absolute Gasteiger partial charge is 0.316 e. The molecule has 1 aliphatic rings. The summed E-state index contributed by atoms with van der Waals surface area (Å²) in [6, 6.07) is 0. The maximum atomic E-state index is 3.56. The molecule has 1 aliphatic heterocycles. The van der Waals surface area contributed by atoms with Gasteiger partial charge >= 0.3 is 0 Å². The molecular weight excluding hydrogens is 158 g/mol. The molecule has 0 saturated carbocycles. The second-order valence-electron chi connectivity index (χ2n) is 5.16. The van der Waals surface area contributed by atoms with E-state index < -0.39 is 0 Å². The molecule has 78 valence electrons. The first-order valence-corrected chi connectivity index (χ1v) is 5.83. The topological polar surface area (TPSA) is 12.0 Å².